The van der Waals surface area contributed by atoms with Crippen molar-refractivity contribution in [1.82, 2.24) is 14.8 Å². The summed E-state index contributed by atoms with van der Waals surface area (Å²) < 4.78 is 1.99. The number of hydrogen-bond donors (Lipinski definition) is 1. The molecule has 0 saturated heterocycles. The fourth-order valence-corrected chi connectivity index (χ4v) is 2.54. The molecule has 1 heterocycles. The Morgan fingerprint density at radius 3 is 2.60 bits per heavy atom. The van der Waals surface area contributed by atoms with E-state index in [0.29, 0.717) is 11.7 Å². The molecule has 20 heavy (non-hydrogen) atoms. The number of carbonyl (C=O) groups is 1. The van der Waals surface area contributed by atoms with E-state index in [1.54, 1.807) is 0 Å². The molecule has 0 aliphatic rings. The van der Waals surface area contributed by atoms with Crippen molar-refractivity contribution in [2.24, 2.45) is 0 Å². The lowest BCUT2D eigenvalue weighted by atomic mass is 10.2. The van der Waals surface area contributed by atoms with Crippen molar-refractivity contribution < 1.29 is 9.90 Å². The minimum absolute atomic E-state index is 0.00891. The first-order valence-corrected chi connectivity index (χ1v) is 7.38. The van der Waals surface area contributed by atoms with Crippen LogP contribution in [0.15, 0.2) is 35.5 Å². The van der Waals surface area contributed by atoms with Gasteiger partial charge < -0.3 is 9.67 Å². The second kappa shape index (κ2) is 6.56. The SMILES string of the molecule is CC(C)c1nnc(SCC(=O)O)n1Cc1ccccc1. The molecule has 1 aromatic heterocycles. The molecule has 5 nitrogen and oxygen atoms in total. The van der Waals surface area contributed by atoms with Gasteiger partial charge in [-0.25, -0.2) is 0 Å². The third-order valence-electron chi connectivity index (χ3n) is 2.77. The molecule has 0 aliphatic heterocycles. The highest BCUT2D eigenvalue weighted by Gasteiger charge is 2.16. The molecule has 0 fully saturated rings. The fraction of sp³-hybridized carbons (Fsp3) is 0.357. The Hall–Kier alpha value is -1.82. The largest absolute Gasteiger partial charge is 0.481 e. The summed E-state index contributed by atoms with van der Waals surface area (Å²) in [7, 11) is 0. The van der Waals surface area contributed by atoms with Crippen molar-refractivity contribution in [2.75, 3.05) is 5.75 Å². The molecule has 0 atom stereocenters. The van der Waals surface area contributed by atoms with E-state index in [-0.39, 0.29) is 11.7 Å². The van der Waals surface area contributed by atoms with Gasteiger partial charge in [-0.2, -0.15) is 0 Å². The van der Waals surface area contributed by atoms with Crippen molar-refractivity contribution >= 4 is 17.7 Å². The Morgan fingerprint density at radius 1 is 1.30 bits per heavy atom. The van der Waals surface area contributed by atoms with Gasteiger partial charge in [0.15, 0.2) is 5.16 Å². The summed E-state index contributed by atoms with van der Waals surface area (Å²) in [6.45, 7) is 4.76. The number of thioether (sulfide) groups is 1. The number of nitrogens with zero attached hydrogens (tertiary/aromatic N) is 3. The van der Waals surface area contributed by atoms with Gasteiger partial charge in [-0.15, -0.1) is 10.2 Å². The summed E-state index contributed by atoms with van der Waals surface area (Å²) >= 11 is 1.20. The first-order chi connectivity index (χ1) is 9.58. The van der Waals surface area contributed by atoms with Crippen LogP contribution in [0.5, 0.6) is 0 Å². The molecule has 1 aromatic carbocycles. The molecule has 106 valence electrons. The van der Waals surface area contributed by atoms with Crippen LogP contribution < -0.4 is 0 Å². The first-order valence-electron chi connectivity index (χ1n) is 6.39. The molecule has 2 rings (SSSR count). The van der Waals surface area contributed by atoms with Crippen molar-refractivity contribution in [1.29, 1.82) is 0 Å². The predicted molar refractivity (Wildman–Crippen MR) is 78.0 cm³/mol. The van der Waals surface area contributed by atoms with E-state index in [4.69, 9.17) is 5.11 Å². The quantitative estimate of drug-likeness (QED) is 0.829. The average molecular weight is 291 g/mol. The van der Waals surface area contributed by atoms with E-state index in [2.05, 4.69) is 24.0 Å². The van der Waals surface area contributed by atoms with Crippen LogP contribution in [0.25, 0.3) is 0 Å². The van der Waals surface area contributed by atoms with Crippen molar-refractivity contribution in [3.8, 4) is 0 Å². The van der Waals surface area contributed by atoms with Crippen LogP contribution in [0.1, 0.15) is 31.2 Å². The smallest absolute Gasteiger partial charge is 0.313 e. The van der Waals surface area contributed by atoms with Gasteiger partial charge in [0.1, 0.15) is 5.82 Å². The van der Waals surface area contributed by atoms with Crippen LogP contribution in [-0.2, 0) is 11.3 Å². The van der Waals surface area contributed by atoms with Gasteiger partial charge in [0.25, 0.3) is 0 Å². The number of aliphatic carboxylic acids is 1. The second-order valence-corrected chi connectivity index (χ2v) is 5.69. The van der Waals surface area contributed by atoms with Gasteiger partial charge in [0.2, 0.25) is 0 Å². The lowest BCUT2D eigenvalue weighted by molar-refractivity contribution is -0.133. The maximum Gasteiger partial charge on any atom is 0.313 e. The fourth-order valence-electron chi connectivity index (χ4n) is 1.87. The first kappa shape index (κ1) is 14.6. The summed E-state index contributed by atoms with van der Waals surface area (Å²) in [6.07, 6.45) is 0. The number of aromatic nitrogens is 3. The molecule has 0 radical (unpaired) electrons. The molecular formula is C14H17N3O2S. The van der Waals surface area contributed by atoms with E-state index in [0.717, 1.165) is 11.4 Å². The van der Waals surface area contributed by atoms with E-state index in [9.17, 15) is 4.79 Å². The molecular weight excluding hydrogens is 274 g/mol. The number of rotatable bonds is 6. The molecule has 0 saturated carbocycles. The topological polar surface area (TPSA) is 68.0 Å². The summed E-state index contributed by atoms with van der Waals surface area (Å²) in [5.41, 5.74) is 1.14. The van der Waals surface area contributed by atoms with Crippen molar-refractivity contribution in [2.45, 2.75) is 31.5 Å². The van der Waals surface area contributed by atoms with Crippen LogP contribution in [-0.4, -0.2) is 31.6 Å². The lowest BCUT2D eigenvalue weighted by Gasteiger charge is -2.11. The van der Waals surface area contributed by atoms with Gasteiger partial charge in [-0.1, -0.05) is 55.9 Å². The number of carboxylic acids is 1. The zero-order valence-corrected chi connectivity index (χ0v) is 12.3. The lowest BCUT2D eigenvalue weighted by Crippen LogP contribution is -2.09. The monoisotopic (exact) mass is 291 g/mol. The second-order valence-electron chi connectivity index (χ2n) is 4.75. The normalized spacial score (nSPS) is 10.9. The minimum atomic E-state index is -0.852. The predicted octanol–water partition coefficient (Wildman–Crippen LogP) is 2.63. The van der Waals surface area contributed by atoms with Gasteiger partial charge in [-0.3, -0.25) is 4.79 Å². The highest BCUT2D eigenvalue weighted by molar-refractivity contribution is 7.99. The Bertz CT molecular complexity index is 581. The van der Waals surface area contributed by atoms with Crippen LogP contribution >= 0.6 is 11.8 Å². The maximum atomic E-state index is 10.7. The molecule has 1 N–H and O–H groups in total. The van der Waals surface area contributed by atoms with Crippen molar-refractivity contribution in [3.63, 3.8) is 0 Å². The summed E-state index contributed by atoms with van der Waals surface area (Å²) in [6, 6.07) is 10.0. The van der Waals surface area contributed by atoms with E-state index in [1.165, 1.54) is 11.8 Å². The Balaban J connectivity index is 2.27. The average Bonchev–Trinajstić information content (AvgIpc) is 2.80. The molecule has 6 heteroatoms. The third kappa shape index (κ3) is 3.60. The van der Waals surface area contributed by atoms with Gasteiger partial charge >= 0.3 is 5.97 Å². The van der Waals surface area contributed by atoms with Crippen LogP contribution in [0.3, 0.4) is 0 Å². The summed E-state index contributed by atoms with van der Waals surface area (Å²) in [5.74, 6) is 0.257. The Labute approximate surface area is 122 Å². The third-order valence-corrected chi connectivity index (χ3v) is 3.72. The van der Waals surface area contributed by atoms with Crippen LogP contribution in [0, 0.1) is 0 Å². The van der Waals surface area contributed by atoms with Crippen LogP contribution in [0.4, 0.5) is 0 Å². The van der Waals surface area contributed by atoms with Crippen LogP contribution in [0.2, 0.25) is 0 Å². The van der Waals surface area contributed by atoms with Crippen molar-refractivity contribution in [3.05, 3.63) is 41.7 Å². The van der Waals surface area contributed by atoms with Gasteiger partial charge in [0.05, 0.1) is 12.3 Å². The number of benzene rings is 1. The highest BCUT2D eigenvalue weighted by Crippen LogP contribution is 2.22. The standard InChI is InChI=1S/C14H17N3O2S/c1-10(2)13-15-16-14(20-9-12(18)19)17(13)8-11-6-4-3-5-7-11/h3-7,10H,8-9H2,1-2H3,(H,18,19). The van der Waals surface area contributed by atoms with E-state index in [1.807, 2.05) is 34.9 Å². The molecule has 0 bridgehead atoms. The zero-order chi connectivity index (χ0) is 14.5. The maximum absolute atomic E-state index is 10.7. The summed E-state index contributed by atoms with van der Waals surface area (Å²) in [5, 5.41) is 17.8. The van der Waals surface area contributed by atoms with E-state index < -0.39 is 5.97 Å². The minimum Gasteiger partial charge on any atom is -0.481 e. The number of hydrogen-bond acceptors (Lipinski definition) is 4. The van der Waals surface area contributed by atoms with E-state index >= 15 is 0 Å². The Kier molecular flexibility index (Phi) is 4.79. The number of carboxylic acid groups (broad SMARTS) is 1. The highest BCUT2D eigenvalue weighted by atomic mass is 32.2. The zero-order valence-electron chi connectivity index (χ0n) is 11.5. The molecule has 0 unspecified atom stereocenters. The molecule has 0 amide bonds. The Morgan fingerprint density at radius 2 is 2.00 bits per heavy atom. The molecule has 2 aromatic rings. The van der Waals surface area contributed by atoms with Gasteiger partial charge in [0, 0.05) is 5.92 Å². The van der Waals surface area contributed by atoms with Gasteiger partial charge in [-0.05, 0) is 5.56 Å². The molecule has 0 aliphatic carbocycles. The molecule has 0 spiro atoms. The summed E-state index contributed by atoms with van der Waals surface area (Å²) in [4.78, 5) is 10.7.